The fourth-order valence-corrected chi connectivity index (χ4v) is 3.18. The molecule has 1 amide bonds. The second kappa shape index (κ2) is 5.59. The number of para-hydroxylation sites is 1. The second-order valence-corrected chi connectivity index (χ2v) is 6.06. The van der Waals surface area contributed by atoms with Gasteiger partial charge in [0, 0.05) is 11.7 Å². The van der Waals surface area contributed by atoms with Gasteiger partial charge >= 0.3 is 0 Å². The van der Waals surface area contributed by atoms with Crippen LogP contribution in [0.1, 0.15) is 19.2 Å². The van der Waals surface area contributed by atoms with E-state index < -0.39 is 0 Å². The van der Waals surface area contributed by atoms with Crippen molar-refractivity contribution in [2.24, 2.45) is 0 Å². The number of fused-ring (bicyclic) bond motifs is 1. The van der Waals surface area contributed by atoms with Crippen LogP contribution >= 0.6 is 0 Å². The Morgan fingerprint density at radius 2 is 1.92 bits per heavy atom. The molecule has 2 aromatic heterocycles. The molecule has 3 heterocycles. The van der Waals surface area contributed by atoms with Crippen LogP contribution in [0.5, 0.6) is 0 Å². The number of nitrogens with zero attached hydrogens (tertiary/aromatic N) is 5. The molecule has 0 saturated carbocycles. The highest BCUT2D eigenvalue weighted by atomic mass is 16.2. The van der Waals surface area contributed by atoms with Crippen molar-refractivity contribution in [2.45, 2.75) is 32.4 Å². The van der Waals surface area contributed by atoms with Crippen molar-refractivity contribution < 1.29 is 4.79 Å². The van der Waals surface area contributed by atoms with Crippen LogP contribution in [0.3, 0.4) is 0 Å². The molecule has 0 unspecified atom stereocenters. The van der Waals surface area contributed by atoms with Gasteiger partial charge in [-0.25, -0.2) is 0 Å². The van der Waals surface area contributed by atoms with Gasteiger partial charge in [0.2, 0.25) is 5.91 Å². The van der Waals surface area contributed by atoms with E-state index in [-0.39, 0.29) is 18.0 Å². The molecule has 0 radical (unpaired) electrons. The SMILES string of the molecule is Cc1nnc2ccc(N[C@@H]3C[C@@H](C)N(c4ccccc4)C3=O)nn12. The first-order valence-corrected chi connectivity index (χ1v) is 7.97. The largest absolute Gasteiger partial charge is 0.357 e. The summed E-state index contributed by atoms with van der Waals surface area (Å²) in [4.78, 5) is 14.7. The summed E-state index contributed by atoms with van der Waals surface area (Å²) in [6.07, 6.45) is 0.731. The summed E-state index contributed by atoms with van der Waals surface area (Å²) in [5.41, 5.74) is 1.62. The number of benzene rings is 1. The molecule has 1 N–H and O–H groups in total. The van der Waals surface area contributed by atoms with Crippen LogP contribution in [0.2, 0.25) is 0 Å². The lowest BCUT2D eigenvalue weighted by atomic mass is 10.2. The maximum Gasteiger partial charge on any atom is 0.249 e. The van der Waals surface area contributed by atoms with Crippen LogP contribution in [-0.4, -0.2) is 37.8 Å². The fraction of sp³-hybridized carbons (Fsp3) is 0.294. The molecule has 1 aliphatic heterocycles. The van der Waals surface area contributed by atoms with E-state index in [2.05, 4.69) is 27.5 Å². The molecule has 0 spiro atoms. The van der Waals surface area contributed by atoms with E-state index in [0.29, 0.717) is 17.3 Å². The normalized spacial score (nSPS) is 20.8. The number of amides is 1. The summed E-state index contributed by atoms with van der Waals surface area (Å²) < 4.78 is 1.67. The molecule has 2 atom stereocenters. The van der Waals surface area contributed by atoms with E-state index in [1.54, 1.807) is 4.52 Å². The molecule has 1 saturated heterocycles. The number of hydrogen-bond acceptors (Lipinski definition) is 5. The first-order chi connectivity index (χ1) is 11.6. The minimum Gasteiger partial charge on any atom is -0.357 e. The summed E-state index contributed by atoms with van der Waals surface area (Å²) >= 11 is 0. The first-order valence-electron chi connectivity index (χ1n) is 7.97. The predicted molar refractivity (Wildman–Crippen MR) is 90.9 cm³/mol. The van der Waals surface area contributed by atoms with Crippen molar-refractivity contribution in [3.05, 3.63) is 48.3 Å². The standard InChI is InChI=1S/C17H18N6O/c1-11-10-14(17(24)22(11)13-6-4-3-5-7-13)18-15-8-9-16-20-19-12(2)23(16)21-15/h3-9,11,14H,10H2,1-2H3,(H,18,21)/t11-,14-/m1/s1. The van der Waals surface area contributed by atoms with Crippen molar-refractivity contribution in [1.82, 2.24) is 19.8 Å². The van der Waals surface area contributed by atoms with E-state index in [9.17, 15) is 4.79 Å². The first kappa shape index (κ1) is 14.6. The highest BCUT2D eigenvalue weighted by Gasteiger charge is 2.38. The van der Waals surface area contributed by atoms with E-state index in [1.807, 2.05) is 54.3 Å². The average Bonchev–Trinajstić information content (AvgIpc) is 3.09. The van der Waals surface area contributed by atoms with Crippen LogP contribution in [0.25, 0.3) is 5.65 Å². The zero-order valence-electron chi connectivity index (χ0n) is 13.5. The van der Waals surface area contributed by atoms with E-state index >= 15 is 0 Å². The van der Waals surface area contributed by atoms with Crippen molar-refractivity contribution in [1.29, 1.82) is 0 Å². The lowest BCUT2D eigenvalue weighted by Gasteiger charge is -2.21. The number of aryl methyl sites for hydroxylation is 1. The molecular weight excluding hydrogens is 304 g/mol. The summed E-state index contributed by atoms with van der Waals surface area (Å²) in [7, 11) is 0. The van der Waals surface area contributed by atoms with Crippen molar-refractivity contribution in [2.75, 3.05) is 10.2 Å². The van der Waals surface area contributed by atoms with Gasteiger partial charge in [-0.05, 0) is 44.5 Å². The van der Waals surface area contributed by atoms with Gasteiger partial charge in [0.05, 0.1) is 0 Å². The third-order valence-corrected chi connectivity index (χ3v) is 4.33. The smallest absolute Gasteiger partial charge is 0.249 e. The van der Waals surface area contributed by atoms with Crippen molar-refractivity contribution >= 4 is 23.1 Å². The number of aromatic nitrogens is 4. The molecule has 0 bridgehead atoms. The molecule has 0 aliphatic carbocycles. The minimum absolute atomic E-state index is 0.0658. The van der Waals surface area contributed by atoms with Crippen LogP contribution < -0.4 is 10.2 Å². The lowest BCUT2D eigenvalue weighted by molar-refractivity contribution is -0.117. The van der Waals surface area contributed by atoms with E-state index in [1.165, 1.54) is 0 Å². The molecular formula is C17H18N6O. The molecule has 4 rings (SSSR count). The molecule has 24 heavy (non-hydrogen) atoms. The van der Waals surface area contributed by atoms with Gasteiger partial charge in [0.1, 0.15) is 11.9 Å². The molecule has 7 nitrogen and oxygen atoms in total. The third kappa shape index (κ3) is 2.38. The summed E-state index contributed by atoms with van der Waals surface area (Å²) in [6.45, 7) is 3.91. The number of nitrogens with one attached hydrogen (secondary N) is 1. The van der Waals surface area contributed by atoms with Gasteiger partial charge in [-0.1, -0.05) is 18.2 Å². The Labute approximate surface area is 139 Å². The van der Waals surface area contributed by atoms with E-state index in [4.69, 9.17) is 0 Å². The van der Waals surface area contributed by atoms with Gasteiger partial charge in [-0.15, -0.1) is 15.3 Å². The Kier molecular flexibility index (Phi) is 3.41. The van der Waals surface area contributed by atoms with Gasteiger partial charge in [0.25, 0.3) is 0 Å². The molecule has 1 aliphatic rings. The number of carbonyl (C=O) groups excluding carboxylic acids is 1. The number of hydrogen-bond donors (Lipinski definition) is 1. The Bertz CT molecular complexity index is 890. The molecule has 7 heteroatoms. The fourth-order valence-electron chi connectivity index (χ4n) is 3.18. The summed E-state index contributed by atoms with van der Waals surface area (Å²) in [5.74, 6) is 1.42. The zero-order valence-corrected chi connectivity index (χ0v) is 13.5. The third-order valence-electron chi connectivity index (χ3n) is 4.33. The Hall–Kier alpha value is -2.96. The van der Waals surface area contributed by atoms with Crippen LogP contribution in [0.4, 0.5) is 11.5 Å². The lowest BCUT2D eigenvalue weighted by Crippen LogP contribution is -2.35. The van der Waals surface area contributed by atoms with Gasteiger partial charge < -0.3 is 10.2 Å². The maximum atomic E-state index is 12.8. The highest BCUT2D eigenvalue weighted by molar-refractivity contribution is 6.01. The molecule has 3 aromatic rings. The van der Waals surface area contributed by atoms with Gasteiger partial charge in [-0.2, -0.15) is 4.52 Å². The van der Waals surface area contributed by atoms with Crippen molar-refractivity contribution in [3.8, 4) is 0 Å². The van der Waals surface area contributed by atoms with E-state index in [0.717, 1.165) is 12.1 Å². The minimum atomic E-state index is -0.290. The monoisotopic (exact) mass is 322 g/mol. The topological polar surface area (TPSA) is 75.4 Å². The second-order valence-electron chi connectivity index (χ2n) is 6.06. The highest BCUT2D eigenvalue weighted by Crippen LogP contribution is 2.28. The quantitative estimate of drug-likeness (QED) is 0.798. The van der Waals surface area contributed by atoms with Crippen molar-refractivity contribution in [3.63, 3.8) is 0 Å². The zero-order chi connectivity index (χ0) is 16.7. The average molecular weight is 322 g/mol. The number of anilines is 2. The Balaban J connectivity index is 1.58. The summed E-state index contributed by atoms with van der Waals surface area (Å²) in [6, 6.07) is 13.3. The summed E-state index contributed by atoms with van der Waals surface area (Å²) in [5, 5.41) is 15.7. The number of rotatable bonds is 3. The van der Waals surface area contributed by atoms with Gasteiger partial charge in [0.15, 0.2) is 11.5 Å². The molecule has 1 aromatic carbocycles. The Morgan fingerprint density at radius 3 is 2.71 bits per heavy atom. The number of carbonyl (C=O) groups is 1. The van der Waals surface area contributed by atoms with Crippen LogP contribution in [0.15, 0.2) is 42.5 Å². The predicted octanol–water partition coefficient (Wildman–Crippen LogP) is 2.04. The maximum absolute atomic E-state index is 12.8. The Morgan fingerprint density at radius 1 is 1.12 bits per heavy atom. The molecule has 1 fully saturated rings. The van der Waals surface area contributed by atoms with Crippen LogP contribution in [0, 0.1) is 6.92 Å². The van der Waals surface area contributed by atoms with Crippen LogP contribution in [-0.2, 0) is 4.79 Å². The van der Waals surface area contributed by atoms with Gasteiger partial charge in [-0.3, -0.25) is 4.79 Å². The molecule has 122 valence electrons.